The Kier molecular flexibility index (Phi) is 5.14. The Morgan fingerprint density at radius 2 is 1.93 bits per heavy atom. The number of ether oxygens (including phenoxy) is 1. The van der Waals surface area contributed by atoms with Crippen LogP contribution in [0.2, 0.25) is 0 Å². The van der Waals surface area contributed by atoms with E-state index in [1.54, 1.807) is 27.7 Å². The van der Waals surface area contributed by atoms with Gasteiger partial charge in [0, 0.05) is 4.43 Å². The first kappa shape index (κ1) is 14.0. The summed E-state index contributed by atoms with van der Waals surface area (Å²) in [5.41, 5.74) is -1.38. The van der Waals surface area contributed by atoms with Crippen LogP contribution in [0, 0.1) is 0 Å². The molecular weight excluding hydrogens is 297 g/mol. The van der Waals surface area contributed by atoms with Gasteiger partial charge in [0.05, 0.1) is 12.1 Å². The monoisotopic (exact) mass is 315 g/mol. The van der Waals surface area contributed by atoms with Gasteiger partial charge in [0.25, 0.3) is 0 Å². The zero-order chi connectivity index (χ0) is 11.4. The number of amides is 1. The molecule has 0 saturated carbocycles. The minimum atomic E-state index is -0.878. The zero-order valence-electron chi connectivity index (χ0n) is 9.06. The fourth-order valence-corrected chi connectivity index (χ4v) is 0.894. The number of carbonyl (C=O) groups is 1. The second kappa shape index (κ2) is 5.16. The van der Waals surface area contributed by atoms with E-state index in [0.29, 0.717) is 4.43 Å². The van der Waals surface area contributed by atoms with E-state index in [-0.39, 0.29) is 6.54 Å². The summed E-state index contributed by atoms with van der Waals surface area (Å²) in [7, 11) is 0. The smallest absolute Gasteiger partial charge is 0.407 e. The van der Waals surface area contributed by atoms with Crippen LogP contribution in [0.5, 0.6) is 0 Å². The molecule has 0 fully saturated rings. The molecule has 0 aromatic carbocycles. The molecule has 0 aromatic rings. The van der Waals surface area contributed by atoms with E-state index in [1.165, 1.54) is 0 Å². The number of aliphatic hydroxyl groups is 1. The van der Waals surface area contributed by atoms with Gasteiger partial charge in [-0.05, 0) is 27.7 Å². The van der Waals surface area contributed by atoms with Gasteiger partial charge >= 0.3 is 6.09 Å². The van der Waals surface area contributed by atoms with Crippen LogP contribution in [0.25, 0.3) is 0 Å². The summed E-state index contributed by atoms with van der Waals surface area (Å²) in [6.45, 7) is 7.25. The second-order valence-corrected chi connectivity index (χ2v) is 5.25. The molecule has 0 aliphatic rings. The van der Waals surface area contributed by atoms with E-state index >= 15 is 0 Å². The van der Waals surface area contributed by atoms with Crippen molar-refractivity contribution in [2.75, 3.05) is 11.0 Å². The minimum absolute atomic E-state index is 0.199. The van der Waals surface area contributed by atoms with E-state index in [0.717, 1.165) is 0 Å². The van der Waals surface area contributed by atoms with Crippen LogP contribution in [0.15, 0.2) is 0 Å². The number of alkyl carbamates (subject to hydrolysis) is 1. The molecule has 84 valence electrons. The predicted molar refractivity (Wildman–Crippen MR) is 63.7 cm³/mol. The highest BCUT2D eigenvalue weighted by atomic mass is 127. The number of hydrogen-bond donors (Lipinski definition) is 2. The van der Waals surface area contributed by atoms with Gasteiger partial charge in [-0.25, -0.2) is 4.79 Å². The third kappa shape index (κ3) is 7.37. The molecule has 14 heavy (non-hydrogen) atoms. The summed E-state index contributed by atoms with van der Waals surface area (Å²) in [5.74, 6) is 0. The molecule has 0 aliphatic heterocycles. The summed E-state index contributed by atoms with van der Waals surface area (Å²) in [4.78, 5) is 11.2. The van der Waals surface area contributed by atoms with E-state index in [1.807, 2.05) is 0 Å². The largest absolute Gasteiger partial charge is 0.444 e. The molecule has 2 N–H and O–H groups in total. The minimum Gasteiger partial charge on any atom is -0.444 e. The number of halogens is 1. The lowest BCUT2D eigenvalue weighted by atomic mass is 10.1. The molecule has 5 heteroatoms. The molecule has 0 bridgehead atoms. The Bertz CT molecular complexity index is 199. The number of rotatable bonds is 3. The first-order valence-electron chi connectivity index (χ1n) is 4.41. The van der Waals surface area contributed by atoms with E-state index < -0.39 is 17.3 Å². The van der Waals surface area contributed by atoms with Gasteiger partial charge in [0.1, 0.15) is 5.60 Å². The van der Waals surface area contributed by atoms with Crippen molar-refractivity contribution < 1.29 is 14.6 Å². The summed E-state index contributed by atoms with van der Waals surface area (Å²) in [5, 5.41) is 12.1. The Balaban J connectivity index is 3.87. The molecule has 0 heterocycles. The predicted octanol–water partition coefficient (Wildman–Crippen LogP) is 1.70. The zero-order valence-corrected chi connectivity index (χ0v) is 11.2. The fourth-order valence-electron chi connectivity index (χ4n) is 0.624. The molecular formula is C9H18INO3. The van der Waals surface area contributed by atoms with Gasteiger partial charge in [-0.15, -0.1) is 0 Å². The summed E-state index contributed by atoms with van der Waals surface area (Å²) >= 11 is 2.06. The maximum absolute atomic E-state index is 11.2. The number of nitrogens with one attached hydrogen (secondary N) is 1. The average molecular weight is 315 g/mol. The van der Waals surface area contributed by atoms with Crippen molar-refractivity contribution in [1.82, 2.24) is 5.32 Å². The highest BCUT2D eigenvalue weighted by Crippen LogP contribution is 2.08. The molecule has 0 radical (unpaired) electrons. The SMILES string of the molecule is CC(O)(CI)CNC(=O)OC(C)(C)C. The van der Waals surface area contributed by atoms with Crippen molar-refractivity contribution in [3.8, 4) is 0 Å². The lowest BCUT2D eigenvalue weighted by Gasteiger charge is -2.23. The lowest BCUT2D eigenvalue weighted by Crippen LogP contribution is -2.43. The standard InChI is InChI=1S/C9H18INO3/c1-8(2,3)14-7(12)11-6-9(4,13)5-10/h13H,5-6H2,1-4H3,(H,11,12). The average Bonchev–Trinajstić information content (AvgIpc) is 1.98. The van der Waals surface area contributed by atoms with Gasteiger partial charge < -0.3 is 15.2 Å². The maximum Gasteiger partial charge on any atom is 0.407 e. The van der Waals surface area contributed by atoms with Crippen LogP contribution in [0.4, 0.5) is 4.79 Å². The quantitative estimate of drug-likeness (QED) is 0.616. The molecule has 0 aliphatic carbocycles. The van der Waals surface area contributed by atoms with Gasteiger partial charge in [0.2, 0.25) is 0 Å². The molecule has 1 atom stereocenters. The highest BCUT2D eigenvalue weighted by Gasteiger charge is 2.21. The Morgan fingerprint density at radius 1 is 1.43 bits per heavy atom. The van der Waals surface area contributed by atoms with Gasteiger partial charge in [0.15, 0.2) is 0 Å². The fraction of sp³-hybridized carbons (Fsp3) is 0.889. The maximum atomic E-state index is 11.2. The summed E-state index contributed by atoms with van der Waals surface area (Å²) in [6, 6.07) is 0. The van der Waals surface area contributed by atoms with Crippen molar-refractivity contribution in [3.63, 3.8) is 0 Å². The van der Waals surface area contributed by atoms with E-state index in [2.05, 4.69) is 27.9 Å². The van der Waals surface area contributed by atoms with Crippen LogP contribution >= 0.6 is 22.6 Å². The van der Waals surface area contributed by atoms with E-state index in [4.69, 9.17) is 4.74 Å². The molecule has 4 nitrogen and oxygen atoms in total. The lowest BCUT2D eigenvalue weighted by molar-refractivity contribution is 0.0411. The number of carbonyl (C=O) groups excluding carboxylic acids is 1. The number of hydrogen-bond acceptors (Lipinski definition) is 3. The molecule has 0 rings (SSSR count). The van der Waals surface area contributed by atoms with Gasteiger partial charge in [-0.1, -0.05) is 22.6 Å². The first-order valence-corrected chi connectivity index (χ1v) is 5.94. The van der Waals surface area contributed by atoms with Crippen LogP contribution in [0.1, 0.15) is 27.7 Å². The van der Waals surface area contributed by atoms with Crippen LogP contribution in [0.3, 0.4) is 0 Å². The van der Waals surface area contributed by atoms with Crippen LogP contribution in [-0.2, 0) is 4.74 Å². The van der Waals surface area contributed by atoms with Crippen LogP contribution < -0.4 is 5.32 Å². The summed E-state index contributed by atoms with van der Waals surface area (Å²) < 4.78 is 5.57. The highest BCUT2D eigenvalue weighted by molar-refractivity contribution is 14.1. The molecule has 0 aromatic heterocycles. The number of alkyl halides is 1. The first-order chi connectivity index (χ1) is 6.16. The van der Waals surface area contributed by atoms with Crippen LogP contribution in [-0.4, -0.2) is 33.4 Å². The second-order valence-electron chi connectivity index (χ2n) is 4.49. The van der Waals surface area contributed by atoms with Crippen molar-refractivity contribution in [2.24, 2.45) is 0 Å². The molecule has 1 amide bonds. The Morgan fingerprint density at radius 3 is 2.29 bits per heavy atom. The summed E-state index contributed by atoms with van der Waals surface area (Å²) in [6.07, 6.45) is -0.498. The van der Waals surface area contributed by atoms with E-state index in [9.17, 15) is 9.90 Å². The third-order valence-corrected chi connectivity index (χ3v) is 2.94. The topological polar surface area (TPSA) is 58.6 Å². The molecule has 0 saturated heterocycles. The van der Waals surface area contributed by atoms with Gasteiger partial charge in [-0.2, -0.15) is 0 Å². The van der Waals surface area contributed by atoms with Crippen molar-refractivity contribution in [3.05, 3.63) is 0 Å². The molecule has 1 unspecified atom stereocenters. The van der Waals surface area contributed by atoms with Crippen molar-refractivity contribution >= 4 is 28.7 Å². The normalized spacial score (nSPS) is 15.9. The van der Waals surface area contributed by atoms with Crippen molar-refractivity contribution in [2.45, 2.75) is 38.9 Å². The molecule has 0 spiro atoms. The third-order valence-electron chi connectivity index (χ3n) is 1.30. The Hall–Kier alpha value is -0.0400. The van der Waals surface area contributed by atoms with Gasteiger partial charge in [-0.3, -0.25) is 0 Å². The Labute approximate surface area is 98.5 Å². The van der Waals surface area contributed by atoms with Crippen molar-refractivity contribution in [1.29, 1.82) is 0 Å².